The second-order valence-corrected chi connectivity index (χ2v) is 4.57. The predicted molar refractivity (Wildman–Crippen MR) is 71.2 cm³/mol. The van der Waals surface area contributed by atoms with Crippen molar-refractivity contribution in [3.8, 4) is 0 Å². The number of carbonyl (C=O) groups excluding carboxylic acids is 2. The zero-order valence-corrected chi connectivity index (χ0v) is 12.0. The molecule has 6 heteroatoms. The van der Waals surface area contributed by atoms with Gasteiger partial charge < -0.3 is 10.1 Å². The number of esters is 1. The minimum Gasteiger partial charge on any atom is -0.464 e. The molecule has 0 saturated carbocycles. The minimum atomic E-state index is -0.625. The lowest BCUT2D eigenvalue weighted by Crippen LogP contribution is -2.21. The Balaban J connectivity index is 3.28. The van der Waals surface area contributed by atoms with Gasteiger partial charge >= 0.3 is 5.97 Å². The largest absolute Gasteiger partial charge is 0.464 e. The van der Waals surface area contributed by atoms with Crippen LogP contribution in [0.25, 0.3) is 4.48 Å². The summed E-state index contributed by atoms with van der Waals surface area (Å²) in [6, 6.07) is 7.28. The normalized spacial score (nSPS) is 11.5. The number of ether oxygens (including phenoxy) is 1. The lowest BCUT2D eigenvalue weighted by Gasteiger charge is -2.09. The Morgan fingerprint density at radius 1 is 1.41 bits per heavy atom. The molecule has 1 N–H and O–H groups in total. The average Bonchev–Trinajstić information content (AvgIpc) is 2.35. The number of rotatable bonds is 4. The number of benzene rings is 1. The molecule has 0 spiro atoms. The topological polar surface area (TPSA) is 55.4 Å². The Hall–Kier alpha value is -1.14. The monoisotopic (exact) mass is 361 g/mol. The molecule has 0 aliphatic rings. The van der Waals surface area contributed by atoms with Crippen molar-refractivity contribution in [2.24, 2.45) is 0 Å². The van der Waals surface area contributed by atoms with Gasteiger partial charge in [0.2, 0.25) is 6.41 Å². The van der Waals surface area contributed by atoms with Crippen LogP contribution in [0.1, 0.15) is 5.56 Å². The van der Waals surface area contributed by atoms with Gasteiger partial charge in [0.05, 0.1) is 11.6 Å². The maximum atomic E-state index is 11.5. The van der Waals surface area contributed by atoms with Gasteiger partial charge in [-0.25, -0.2) is 4.79 Å². The molecule has 0 heterocycles. The number of hydrogen-bond donors (Lipinski definition) is 1. The molecule has 0 radical (unpaired) electrons. The molecular formula is C11H9Br2NO3. The van der Waals surface area contributed by atoms with E-state index in [2.05, 4.69) is 41.9 Å². The smallest absolute Gasteiger partial charge is 0.355 e. The molecule has 0 unspecified atom stereocenters. The number of nitrogens with one attached hydrogen (secondary N) is 1. The highest BCUT2D eigenvalue weighted by atomic mass is 79.9. The summed E-state index contributed by atoms with van der Waals surface area (Å²) in [7, 11) is 1.25. The Bertz CT molecular complexity index is 472. The van der Waals surface area contributed by atoms with Crippen LogP contribution >= 0.6 is 31.9 Å². The fourth-order valence-electron chi connectivity index (χ4n) is 1.15. The average molecular weight is 363 g/mol. The van der Waals surface area contributed by atoms with E-state index < -0.39 is 5.97 Å². The lowest BCUT2D eigenvalue weighted by atomic mass is 10.2. The maximum absolute atomic E-state index is 11.5. The Morgan fingerprint density at radius 3 is 2.59 bits per heavy atom. The van der Waals surface area contributed by atoms with E-state index in [4.69, 9.17) is 0 Å². The van der Waals surface area contributed by atoms with Gasteiger partial charge in [-0.2, -0.15) is 0 Å². The van der Waals surface area contributed by atoms with E-state index in [1.165, 1.54) is 7.11 Å². The maximum Gasteiger partial charge on any atom is 0.355 e. The van der Waals surface area contributed by atoms with Crippen LogP contribution in [-0.4, -0.2) is 19.5 Å². The SMILES string of the molecule is COC(=O)/C(NC=O)=C(/Br)c1ccccc1Br. The number of halogens is 2. The van der Waals surface area contributed by atoms with Gasteiger partial charge in [0.1, 0.15) is 5.70 Å². The lowest BCUT2D eigenvalue weighted by molar-refractivity contribution is -0.137. The van der Waals surface area contributed by atoms with Gasteiger partial charge in [0.25, 0.3) is 0 Å². The summed E-state index contributed by atoms with van der Waals surface area (Å²) in [6.07, 6.45) is 0.421. The molecule has 1 rings (SSSR count). The Morgan fingerprint density at radius 2 is 2.06 bits per heavy atom. The first-order valence-corrected chi connectivity index (χ1v) is 6.13. The number of carbonyl (C=O) groups is 2. The summed E-state index contributed by atoms with van der Waals surface area (Å²) in [4.78, 5) is 22.0. The van der Waals surface area contributed by atoms with E-state index in [1.54, 1.807) is 6.07 Å². The summed E-state index contributed by atoms with van der Waals surface area (Å²) in [6.45, 7) is 0. The van der Waals surface area contributed by atoms with Gasteiger partial charge in [0, 0.05) is 10.0 Å². The zero-order chi connectivity index (χ0) is 12.8. The quantitative estimate of drug-likeness (QED) is 0.508. The fourth-order valence-corrected chi connectivity index (χ4v) is 2.52. The number of amides is 1. The summed E-state index contributed by atoms with van der Waals surface area (Å²) in [5, 5.41) is 2.32. The van der Waals surface area contributed by atoms with Crippen molar-refractivity contribution in [2.75, 3.05) is 7.11 Å². The van der Waals surface area contributed by atoms with Gasteiger partial charge in [-0.15, -0.1) is 0 Å². The highest BCUT2D eigenvalue weighted by Gasteiger charge is 2.16. The molecule has 4 nitrogen and oxygen atoms in total. The molecule has 0 atom stereocenters. The third-order valence-corrected chi connectivity index (χ3v) is 3.44. The van der Waals surface area contributed by atoms with E-state index in [0.717, 1.165) is 10.0 Å². The van der Waals surface area contributed by atoms with E-state index in [0.29, 0.717) is 10.9 Å². The van der Waals surface area contributed by atoms with E-state index in [1.807, 2.05) is 18.2 Å². The van der Waals surface area contributed by atoms with Crippen LogP contribution in [0, 0.1) is 0 Å². The number of methoxy groups -OCH3 is 1. The minimum absolute atomic E-state index is 0.0504. The van der Waals surface area contributed by atoms with Crippen molar-refractivity contribution in [1.29, 1.82) is 0 Å². The molecule has 0 fully saturated rings. The van der Waals surface area contributed by atoms with Crippen molar-refractivity contribution >= 4 is 48.7 Å². The Labute approximate surface area is 115 Å². The third-order valence-electron chi connectivity index (χ3n) is 1.92. The first-order valence-electron chi connectivity index (χ1n) is 4.55. The van der Waals surface area contributed by atoms with Crippen LogP contribution in [-0.2, 0) is 14.3 Å². The first-order chi connectivity index (χ1) is 8.11. The summed E-state index contributed by atoms with van der Waals surface area (Å²) < 4.78 is 5.82. The van der Waals surface area contributed by atoms with Gasteiger partial charge in [-0.1, -0.05) is 34.1 Å². The molecule has 0 aromatic heterocycles. The summed E-state index contributed by atoms with van der Waals surface area (Å²) in [5.74, 6) is -0.625. The molecule has 0 aliphatic heterocycles. The molecule has 1 aromatic rings. The van der Waals surface area contributed by atoms with Gasteiger partial charge in [0.15, 0.2) is 0 Å². The molecule has 0 saturated heterocycles. The molecule has 17 heavy (non-hydrogen) atoms. The number of hydrogen-bond acceptors (Lipinski definition) is 3. The van der Waals surface area contributed by atoms with Crippen LogP contribution < -0.4 is 5.32 Å². The van der Waals surface area contributed by atoms with E-state index >= 15 is 0 Å². The second kappa shape index (κ2) is 6.56. The summed E-state index contributed by atoms with van der Waals surface area (Å²) >= 11 is 6.63. The third kappa shape index (κ3) is 3.41. The molecule has 0 bridgehead atoms. The standard InChI is InChI=1S/C11H9Br2NO3/c1-17-11(16)10(14-6-15)9(13)7-4-2-3-5-8(7)12/h2-6H,1H3,(H,14,15)/b10-9-. The van der Waals surface area contributed by atoms with Crippen molar-refractivity contribution in [1.82, 2.24) is 5.32 Å². The highest BCUT2D eigenvalue weighted by molar-refractivity contribution is 9.15. The highest BCUT2D eigenvalue weighted by Crippen LogP contribution is 2.30. The molecule has 1 amide bonds. The van der Waals surface area contributed by atoms with Crippen LogP contribution in [0.15, 0.2) is 34.4 Å². The van der Waals surface area contributed by atoms with Crippen molar-refractivity contribution in [3.63, 3.8) is 0 Å². The molecule has 90 valence electrons. The first kappa shape index (κ1) is 13.9. The fraction of sp³-hybridized carbons (Fsp3) is 0.0909. The molecule has 1 aromatic carbocycles. The van der Waals surface area contributed by atoms with Gasteiger partial charge in [-0.3, -0.25) is 4.79 Å². The van der Waals surface area contributed by atoms with Crippen molar-refractivity contribution in [2.45, 2.75) is 0 Å². The van der Waals surface area contributed by atoms with E-state index in [-0.39, 0.29) is 5.70 Å². The van der Waals surface area contributed by atoms with Crippen LogP contribution in [0.4, 0.5) is 0 Å². The van der Waals surface area contributed by atoms with Gasteiger partial charge in [-0.05, 0) is 22.0 Å². The van der Waals surface area contributed by atoms with Crippen molar-refractivity contribution in [3.05, 3.63) is 40.0 Å². The van der Waals surface area contributed by atoms with Crippen LogP contribution in [0.5, 0.6) is 0 Å². The zero-order valence-electron chi connectivity index (χ0n) is 8.87. The predicted octanol–water partition coefficient (Wildman–Crippen LogP) is 2.43. The Kier molecular flexibility index (Phi) is 5.37. The van der Waals surface area contributed by atoms with E-state index in [9.17, 15) is 9.59 Å². The molecular weight excluding hydrogens is 354 g/mol. The van der Waals surface area contributed by atoms with Crippen LogP contribution in [0.3, 0.4) is 0 Å². The summed E-state index contributed by atoms with van der Waals surface area (Å²) in [5.41, 5.74) is 0.789. The second-order valence-electron chi connectivity index (χ2n) is 2.92. The molecule has 0 aliphatic carbocycles. The van der Waals surface area contributed by atoms with Crippen LogP contribution in [0.2, 0.25) is 0 Å². The van der Waals surface area contributed by atoms with Crippen molar-refractivity contribution < 1.29 is 14.3 Å².